The van der Waals surface area contributed by atoms with Crippen molar-refractivity contribution in [2.75, 3.05) is 20.1 Å². The van der Waals surface area contributed by atoms with Gasteiger partial charge in [-0.1, -0.05) is 37.7 Å². The predicted octanol–water partition coefficient (Wildman–Crippen LogP) is 5.62. The van der Waals surface area contributed by atoms with Crippen molar-refractivity contribution in [1.29, 1.82) is 0 Å². The number of halogens is 1. The smallest absolute Gasteiger partial charge is 0.252 e. The van der Waals surface area contributed by atoms with E-state index in [2.05, 4.69) is 45.3 Å². The van der Waals surface area contributed by atoms with Crippen LogP contribution in [0.4, 0.5) is 4.39 Å². The number of nitrogens with one attached hydrogen (secondary N) is 2. The molecule has 35 heavy (non-hydrogen) atoms. The third kappa shape index (κ3) is 5.78. The molecule has 4 aromatic rings. The molecule has 0 spiro atoms. The van der Waals surface area contributed by atoms with E-state index in [4.69, 9.17) is 0 Å². The van der Waals surface area contributed by atoms with E-state index < -0.39 is 5.82 Å². The molecule has 0 saturated heterocycles. The van der Waals surface area contributed by atoms with Crippen LogP contribution in [0.3, 0.4) is 0 Å². The standard InChI is InChI=1S/C27H28FN5OS/c1-4-33(5-2)17-18-9-10-19(30-16-18)11-14-24-21-13-12-20(15-25(21)32-31-24)35-26-22(27(34)29-3)7-6-8-23(26)28/h6-16H,4-5,17H2,1-3H3,(H,29,34)(H,31,32)/b14-11+. The molecule has 0 aliphatic rings. The average molecular weight is 490 g/mol. The van der Waals surface area contributed by atoms with Gasteiger partial charge in [0.05, 0.1) is 27.4 Å². The normalized spacial score (nSPS) is 11.6. The van der Waals surface area contributed by atoms with Gasteiger partial charge in [-0.2, -0.15) is 5.10 Å². The van der Waals surface area contributed by atoms with E-state index in [1.807, 2.05) is 42.6 Å². The number of amides is 1. The highest BCUT2D eigenvalue weighted by atomic mass is 32.2. The maximum atomic E-state index is 14.5. The van der Waals surface area contributed by atoms with Crippen LogP contribution in [0.1, 0.15) is 41.2 Å². The SMILES string of the molecule is CCN(CC)Cc1ccc(/C=C/c2n[nH]c3cc(Sc4c(F)cccc4C(=O)NC)ccc23)nc1. The number of H-pyrrole nitrogens is 1. The maximum absolute atomic E-state index is 14.5. The lowest BCUT2D eigenvalue weighted by atomic mass is 10.2. The molecule has 8 heteroatoms. The van der Waals surface area contributed by atoms with Crippen LogP contribution < -0.4 is 5.32 Å². The quantitative estimate of drug-likeness (QED) is 0.319. The molecule has 0 fully saturated rings. The molecule has 0 radical (unpaired) electrons. The minimum atomic E-state index is -0.431. The summed E-state index contributed by atoms with van der Waals surface area (Å²) >= 11 is 1.21. The topological polar surface area (TPSA) is 73.9 Å². The van der Waals surface area contributed by atoms with Crippen molar-refractivity contribution in [3.05, 3.63) is 83.1 Å². The maximum Gasteiger partial charge on any atom is 0.252 e. The zero-order chi connectivity index (χ0) is 24.8. The molecule has 2 aromatic carbocycles. The average Bonchev–Trinajstić information content (AvgIpc) is 3.29. The van der Waals surface area contributed by atoms with Gasteiger partial charge in [-0.05, 0) is 67.2 Å². The fourth-order valence-electron chi connectivity index (χ4n) is 3.75. The Labute approximate surface area is 208 Å². The Hall–Kier alpha value is -3.49. The molecule has 0 saturated carbocycles. The van der Waals surface area contributed by atoms with Crippen molar-refractivity contribution in [2.24, 2.45) is 0 Å². The first kappa shape index (κ1) is 24.6. The Bertz CT molecular complexity index is 1350. The highest BCUT2D eigenvalue weighted by Crippen LogP contribution is 2.34. The summed E-state index contributed by atoms with van der Waals surface area (Å²) in [6, 6.07) is 14.4. The number of carbonyl (C=O) groups excluding carboxylic acids is 1. The second kappa shape index (κ2) is 11.3. The van der Waals surface area contributed by atoms with Gasteiger partial charge in [0, 0.05) is 30.1 Å². The number of hydrogen-bond acceptors (Lipinski definition) is 5. The molecular weight excluding hydrogens is 461 g/mol. The lowest BCUT2D eigenvalue weighted by Gasteiger charge is -2.17. The third-order valence-electron chi connectivity index (χ3n) is 5.78. The molecule has 0 aliphatic carbocycles. The van der Waals surface area contributed by atoms with Crippen molar-refractivity contribution < 1.29 is 9.18 Å². The summed E-state index contributed by atoms with van der Waals surface area (Å²) in [4.78, 5) is 20.2. The van der Waals surface area contributed by atoms with Gasteiger partial charge >= 0.3 is 0 Å². The van der Waals surface area contributed by atoms with Crippen LogP contribution in [-0.4, -0.2) is 46.1 Å². The van der Waals surface area contributed by atoms with Crippen molar-refractivity contribution in [1.82, 2.24) is 25.4 Å². The van der Waals surface area contributed by atoms with Gasteiger partial charge in [0.15, 0.2) is 0 Å². The molecule has 2 N–H and O–H groups in total. The number of aromatic amines is 1. The van der Waals surface area contributed by atoms with E-state index >= 15 is 0 Å². The van der Waals surface area contributed by atoms with Crippen molar-refractivity contribution in [3.63, 3.8) is 0 Å². The molecule has 0 unspecified atom stereocenters. The first-order chi connectivity index (χ1) is 17.0. The van der Waals surface area contributed by atoms with Crippen LogP contribution in [0.2, 0.25) is 0 Å². The lowest BCUT2D eigenvalue weighted by Crippen LogP contribution is -2.22. The van der Waals surface area contributed by atoms with E-state index in [0.29, 0.717) is 10.5 Å². The first-order valence-electron chi connectivity index (χ1n) is 11.5. The van der Waals surface area contributed by atoms with Crippen LogP contribution in [-0.2, 0) is 6.54 Å². The highest BCUT2D eigenvalue weighted by molar-refractivity contribution is 7.99. The fourth-order valence-corrected chi connectivity index (χ4v) is 4.74. The van der Waals surface area contributed by atoms with Gasteiger partial charge in [-0.3, -0.25) is 19.8 Å². The molecule has 0 bridgehead atoms. The molecule has 6 nitrogen and oxygen atoms in total. The summed E-state index contributed by atoms with van der Waals surface area (Å²) in [6.07, 6.45) is 5.78. The number of pyridine rings is 1. The van der Waals surface area contributed by atoms with E-state index in [-0.39, 0.29) is 5.91 Å². The Kier molecular flexibility index (Phi) is 7.94. The molecule has 180 valence electrons. The van der Waals surface area contributed by atoms with Crippen LogP contribution >= 0.6 is 11.8 Å². The van der Waals surface area contributed by atoms with Crippen molar-refractivity contribution >= 4 is 40.7 Å². The summed E-state index contributed by atoms with van der Waals surface area (Å²) in [6.45, 7) is 7.24. The van der Waals surface area contributed by atoms with E-state index in [1.165, 1.54) is 36.5 Å². The summed E-state index contributed by atoms with van der Waals surface area (Å²) in [7, 11) is 1.53. The number of hydrogen-bond donors (Lipinski definition) is 2. The summed E-state index contributed by atoms with van der Waals surface area (Å²) in [5, 5.41) is 11.0. The molecule has 4 rings (SSSR count). The van der Waals surface area contributed by atoms with Crippen LogP contribution in [0, 0.1) is 5.82 Å². The summed E-state index contributed by atoms with van der Waals surface area (Å²) < 4.78 is 14.5. The predicted molar refractivity (Wildman–Crippen MR) is 140 cm³/mol. The molecule has 1 amide bonds. The van der Waals surface area contributed by atoms with Crippen LogP contribution in [0.15, 0.2) is 64.5 Å². The summed E-state index contributed by atoms with van der Waals surface area (Å²) in [5.74, 6) is -0.753. The van der Waals surface area contributed by atoms with E-state index in [9.17, 15) is 9.18 Å². The van der Waals surface area contributed by atoms with Crippen molar-refractivity contribution in [2.45, 2.75) is 30.2 Å². The Morgan fingerprint density at radius 1 is 1.14 bits per heavy atom. The van der Waals surface area contributed by atoms with Gasteiger partial charge in [0.25, 0.3) is 5.91 Å². The highest BCUT2D eigenvalue weighted by Gasteiger charge is 2.16. The second-order valence-corrected chi connectivity index (χ2v) is 9.08. The molecule has 0 atom stereocenters. The Balaban J connectivity index is 1.51. The van der Waals surface area contributed by atoms with Gasteiger partial charge in [-0.15, -0.1) is 0 Å². The second-order valence-electron chi connectivity index (χ2n) is 8.00. The first-order valence-corrected chi connectivity index (χ1v) is 12.4. The van der Waals surface area contributed by atoms with Crippen LogP contribution in [0.5, 0.6) is 0 Å². The molecule has 0 aliphatic heterocycles. The fraction of sp³-hybridized carbons (Fsp3) is 0.222. The summed E-state index contributed by atoms with van der Waals surface area (Å²) in [5.41, 5.74) is 3.98. The lowest BCUT2D eigenvalue weighted by molar-refractivity contribution is 0.0959. The number of aromatic nitrogens is 3. The largest absolute Gasteiger partial charge is 0.355 e. The molecule has 2 heterocycles. The van der Waals surface area contributed by atoms with E-state index in [1.54, 1.807) is 6.07 Å². The third-order valence-corrected chi connectivity index (χ3v) is 6.89. The van der Waals surface area contributed by atoms with Gasteiger partial charge in [0.1, 0.15) is 5.82 Å². The Morgan fingerprint density at radius 2 is 1.97 bits per heavy atom. The number of rotatable bonds is 9. The van der Waals surface area contributed by atoms with Crippen molar-refractivity contribution in [3.8, 4) is 0 Å². The zero-order valence-corrected chi connectivity index (χ0v) is 20.8. The van der Waals surface area contributed by atoms with Gasteiger partial charge in [0.2, 0.25) is 0 Å². The number of benzene rings is 2. The van der Waals surface area contributed by atoms with E-state index in [0.717, 1.165) is 46.8 Å². The minimum Gasteiger partial charge on any atom is -0.355 e. The number of nitrogens with zero attached hydrogens (tertiary/aromatic N) is 3. The Morgan fingerprint density at radius 3 is 2.69 bits per heavy atom. The van der Waals surface area contributed by atoms with Gasteiger partial charge < -0.3 is 5.32 Å². The zero-order valence-electron chi connectivity index (χ0n) is 20.0. The molecule has 2 aromatic heterocycles. The number of carbonyl (C=O) groups is 1. The van der Waals surface area contributed by atoms with Crippen LogP contribution in [0.25, 0.3) is 23.1 Å². The number of fused-ring (bicyclic) bond motifs is 1. The minimum absolute atomic E-state index is 0.293. The monoisotopic (exact) mass is 489 g/mol. The van der Waals surface area contributed by atoms with Gasteiger partial charge in [-0.25, -0.2) is 4.39 Å². The molecular formula is C27H28FN5OS.